The summed E-state index contributed by atoms with van der Waals surface area (Å²) in [5, 5.41) is -0.320. The van der Waals surface area contributed by atoms with Crippen molar-refractivity contribution in [2.45, 2.75) is 19.2 Å². The van der Waals surface area contributed by atoms with Gasteiger partial charge in [0.15, 0.2) is 5.76 Å². The average Bonchev–Trinajstić information content (AvgIpc) is 2.61. The van der Waals surface area contributed by atoms with Crippen molar-refractivity contribution in [2.24, 2.45) is 0 Å². The second-order valence-electron chi connectivity index (χ2n) is 3.56. The topological polar surface area (TPSA) is 26.0 Å². The summed E-state index contributed by atoms with van der Waals surface area (Å²) < 4.78 is 19.0. The summed E-state index contributed by atoms with van der Waals surface area (Å²) in [4.78, 5) is 4.16. The number of benzene rings is 1. The van der Waals surface area contributed by atoms with Crippen molar-refractivity contribution in [3.05, 3.63) is 41.7 Å². The zero-order valence-electron chi connectivity index (χ0n) is 9.00. The van der Waals surface area contributed by atoms with Crippen LogP contribution in [0.1, 0.15) is 23.9 Å². The molecule has 1 atom stereocenters. The zero-order valence-corrected chi connectivity index (χ0v) is 9.75. The molecule has 1 aromatic carbocycles. The number of hydrogen-bond donors (Lipinski definition) is 0. The van der Waals surface area contributed by atoms with Crippen LogP contribution in [-0.2, 0) is 0 Å². The fourth-order valence-corrected chi connectivity index (χ4v) is 1.58. The van der Waals surface area contributed by atoms with Gasteiger partial charge in [-0.2, -0.15) is 0 Å². The molecule has 4 heteroatoms. The zero-order chi connectivity index (χ0) is 11.7. The van der Waals surface area contributed by atoms with Crippen LogP contribution in [0, 0.1) is 12.7 Å². The number of oxazole rings is 1. The molecule has 16 heavy (non-hydrogen) atoms. The summed E-state index contributed by atoms with van der Waals surface area (Å²) in [7, 11) is 0. The fourth-order valence-electron chi connectivity index (χ4n) is 1.48. The predicted molar refractivity (Wildman–Crippen MR) is 60.9 cm³/mol. The average molecular weight is 240 g/mol. The third-order valence-electron chi connectivity index (χ3n) is 2.27. The first kappa shape index (κ1) is 11.1. The molecule has 0 fully saturated rings. The number of alkyl halides is 1. The second kappa shape index (κ2) is 4.26. The van der Waals surface area contributed by atoms with E-state index in [0.717, 1.165) is 0 Å². The molecule has 0 aliphatic heterocycles. The highest BCUT2D eigenvalue weighted by Crippen LogP contribution is 2.30. The van der Waals surface area contributed by atoms with E-state index in [4.69, 9.17) is 16.0 Å². The van der Waals surface area contributed by atoms with E-state index in [9.17, 15) is 4.39 Å². The van der Waals surface area contributed by atoms with Crippen molar-refractivity contribution >= 4 is 11.6 Å². The maximum atomic E-state index is 13.5. The van der Waals surface area contributed by atoms with Crippen molar-refractivity contribution in [3.8, 4) is 11.3 Å². The third kappa shape index (κ3) is 1.95. The molecule has 2 aromatic rings. The van der Waals surface area contributed by atoms with Crippen LogP contribution in [0.3, 0.4) is 0 Å². The van der Waals surface area contributed by atoms with Gasteiger partial charge in [-0.15, -0.1) is 11.6 Å². The van der Waals surface area contributed by atoms with Gasteiger partial charge in [-0.05, 0) is 26.0 Å². The molecule has 1 aromatic heterocycles. The molecule has 0 saturated heterocycles. The van der Waals surface area contributed by atoms with Gasteiger partial charge in [-0.1, -0.05) is 12.1 Å². The standard InChI is InChI=1S/C12H11ClFNO/c1-7(13)12-15-8(2)11(16-12)9-5-3-4-6-10(9)14/h3-7H,1-2H3. The molecule has 1 heterocycles. The maximum absolute atomic E-state index is 13.5. The minimum absolute atomic E-state index is 0.320. The Kier molecular flexibility index (Phi) is 2.97. The Hall–Kier alpha value is -1.35. The first-order chi connectivity index (χ1) is 7.59. The van der Waals surface area contributed by atoms with Gasteiger partial charge in [-0.25, -0.2) is 9.37 Å². The van der Waals surface area contributed by atoms with Gasteiger partial charge in [-0.3, -0.25) is 0 Å². The number of halogens is 2. The lowest BCUT2D eigenvalue weighted by molar-refractivity contribution is 0.503. The second-order valence-corrected chi connectivity index (χ2v) is 4.22. The van der Waals surface area contributed by atoms with E-state index < -0.39 is 0 Å². The lowest BCUT2D eigenvalue weighted by atomic mass is 10.1. The van der Waals surface area contributed by atoms with Crippen molar-refractivity contribution in [2.75, 3.05) is 0 Å². The van der Waals surface area contributed by atoms with Crippen LogP contribution in [0.25, 0.3) is 11.3 Å². The lowest BCUT2D eigenvalue weighted by Crippen LogP contribution is -1.83. The van der Waals surface area contributed by atoms with E-state index in [0.29, 0.717) is 22.9 Å². The number of aryl methyl sites for hydroxylation is 1. The molecule has 0 saturated carbocycles. The maximum Gasteiger partial charge on any atom is 0.212 e. The van der Waals surface area contributed by atoms with Gasteiger partial charge in [0, 0.05) is 0 Å². The van der Waals surface area contributed by atoms with E-state index in [2.05, 4.69) is 4.98 Å². The molecule has 2 nitrogen and oxygen atoms in total. The highest BCUT2D eigenvalue weighted by Gasteiger charge is 2.17. The molecule has 84 valence electrons. The lowest BCUT2D eigenvalue weighted by Gasteiger charge is -1.99. The summed E-state index contributed by atoms with van der Waals surface area (Å²) in [6, 6.07) is 6.44. The van der Waals surface area contributed by atoms with E-state index in [1.807, 2.05) is 0 Å². The van der Waals surface area contributed by atoms with Crippen LogP contribution in [0.4, 0.5) is 4.39 Å². The summed E-state index contributed by atoms with van der Waals surface area (Å²) in [6.45, 7) is 3.53. The molecular formula is C12H11ClFNO. The van der Waals surface area contributed by atoms with Gasteiger partial charge in [0.2, 0.25) is 5.89 Å². The molecule has 0 radical (unpaired) electrons. The third-order valence-corrected chi connectivity index (χ3v) is 2.46. The molecule has 1 unspecified atom stereocenters. The first-order valence-corrected chi connectivity index (χ1v) is 5.39. The van der Waals surface area contributed by atoms with Crippen LogP contribution >= 0.6 is 11.6 Å². The number of rotatable bonds is 2. The summed E-state index contributed by atoms with van der Waals surface area (Å²) in [5.74, 6) is 0.536. The molecular weight excluding hydrogens is 229 g/mol. The van der Waals surface area contributed by atoms with Gasteiger partial charge < -0.3 is 4.42 Å². The van der Waals surface area contributed by atoms with E-state index in [1.54, 1.807) is 32.0 Å². The minimum atomic E-state index is -0.324. The Bertz CT molecular complexity index is 507. The monoisotopic (exact) mass is 239 g/mol. The van der Waals surface area contributed by atoms with Gasteiger partial charge in [0.05, 0.1) is 11.3 Å². The van der Waals surface area contributed by atoms with E-state index in [-0.39, 0.29) is 11.2 Å². The van der Waals surface area contributed by atoms with Crippen molar-refractivity contribution < 1.29 is 8.81 Å². The Labute approximate surface area is 98.1 Å². The number of hydrogen-bond acceptors (Lipinski definition) is 2. The molecule has 0 bridgehead atoms. The van der Waals surface area contributed by atoms with Crippen molar-refractivity contribution in [3.63, 3.8) is 0 Å². The molecule has 0 aliphatic carbocycles. The highest BCUT2D eigenvalue weighted by atomic mass is 35.5. The molecule has 0 amide bonds. The summed E-state index contributed by atoms with van der Waals surface area (Å²) >= 11 is 5.87. The Morgan fingerprint density at radius 3 is 2.62 bits per heavy atom. The normalized spacial score (nSPS) is 12.8. The van der Waals surface area contributed by atoms with Crippen LogP contribution in [-0.4, -0.2) is 4.98 Å². The summed E-state index contributed by atoms with van der Waals surface area (Å²) in [6.07, 6.45) is 0. The predicted octanol–water partition coefficient (Wildman–Crippen LogP) is 4.09. The van der Waals surface area contributed by atoms with Gasteiger partial charge >= 0.3 is 0 Å². The molecule has 0 N–H and O–H groups in total. The van der Waals surface area contributed by atoms with Crippen LogP contribution < -0.4 is 0 Å². The number of nitrogens with zero attached hydrogens (tertiary/aromatic N) is 1. The fraction of sp³-hybridized carbons (Fsp3) is 0.250. The SMILES string of the molecule is Cc1nc(C(C)Cl)oc1-c1ccccc1F. The van der Waals surface area contributed by atoms with Crippen LogP contribution in [0.15, 0.2) is 28.7 Å². The highest BCUT2D eigenvalue weighted by molar-refractivity contribution is 6.20. The summed E-state index contributed by atoms with van der Waals surface area (Å²) in [5.41, 5.74) is 1.06. The number of aromatic nitrogens is 1. The molecule has 0 aliphatic rings. The molecule has 2 rings (SSSR count). The van der Waals surface area contributed by atoms with Gasteiger partial charge in [0.1, 0.15) is 11.2 Å². The Balaban J connectivity index is 2.52. The van der Waals surface area contributed by atoms with Crippen molar-refractivity contribution in [1.29, 1.82) is 0 Å². The molecule has 0 spiro atoms. The Morgan fingerprint density at radius 2 is 2.06 bits per heavy atom. The van der Waals surface area contributed by atoms with Crippen LogP contribution in [0.2, 0.25) is 0 Å². The quantitative estimate of drug-likeness (QED) is 0.738. The largest absolute Gasteiger partial charge is 0.439 e. The first-order valence-electron chi connectivity index (χ1n) is 4.96. The Morgan fingerprint density at radius 1 is 1.38 bits per heavy atom. The van der Waals surface area contributed by atoms with E-state index >= 15 is 0 Å². The smallest absolute Gasteiger partial charge is 0.212 e. The van der Waals surface area contributed by atoms with E-state index in [1.165, 1.54) is 6.07 Å². The van der Waals surface area contributed by atoms with Crippen LogP contribution in [0.5, 0.6) is 0 Å². The van der Waals surface area contributed by atoms with Crippen molar-refractivity contribution in [1.82, 2.24) is 4.98 Å². The minimum Gasteiger partial charge on any atom is -0.439 e. The van der Waals surface area contributed by atoms with Gasteiger partial charge in [0.25, 0.3) is 0 Å².